The van der Waals surface area contributed by atoms with Gasteiger partial charge in [-0.25, -0.2) is 0 Å². The Morgan fingerprint density at radius 1 is 1.26 bits per heavy atom. The Morgan fingerprint density at radius 3 is 2.71 bits per heavy atom. The highest BCUT2D eigenvalue weighted by Gasteiger charge is 2.47. The minimum absolute atomic E-state index is 0.0260. The number of hydrogen-bond donors (Lipinski definition) is 1. The summed E-state index contributed by atoms with van der Waals surface area (Å²) in [6.45, 7) is 4.49. The van der Waals surface area contributed by atoms with E-state index in [1.807, 2.05) is 18.2 Å². The quantitative estimate of drug-likeness (QED) is 0.567. The molecule has 1 saturated heterocycles. The fourth-order valence-electron chi connectivity index (χ4n) is 4.99. The molecule has 4 heterocycles. The third-order valence-corrected chi connectivity index (χ3v) is 6.92. The van der Waals surface area contributed by atoms with Crippen molar-refractivity contribution in [3.8, 4) is 28.4 Å². The fraction of sp³-hybridized carbons (Fsp3) is 0.458. The van der Waals surface area contributed by atoms with Gasteiger partial charge in [0.05, 0.1) is 32.0 Å². The Balaban J connectivity index is 1.66. The Labute approximate surface area is 202 Å². The van der Waals surface area contributed by atoms with Crippen molar-refractivity contribution in [2.75, 3.05) is 20.4 Å². The van der Waals surface area contributed by atoms with E-state index in [4.69, 9.17) is 15.2 Å². The molecule has 11 nitrogen and oxygen atoms in total. The van der Waals surface area contributed by atoms with E-state index in [2.05, 4.69) is 26.9 Å². The standard InChI is InChI=1S/C24H29N7O4/c1-5-6-15-9-18(22(32)31-13-35-12-24(31,2)23(25)33)30-8-7-14-10-19(34-4)17(11-16(14)20(15)30)21-26-28-29(3)27-21/h9-11H,5-8,12-13H2,1-4H3,(H2,25,33)/t24-/m1/s1. The second-order valence-electron chi connectivity index (χ2n) is 9.22. The molecule has 1 atom stereocenters. The third-order valence-electron chi connectivity index (χ3n) is 6.92. The number of carbonyl (C=O) groups is 2. The van der Waals surface area contributed by atoms with E-state index in [9.17, 15) is 9.59 Å². The molecule has 0 spiro atoms. The van der Waals surface area contributed by atoms with Crippen molar-refractivity contribution in [1.82, 2.24) is 29.7 Å². The SMILES string of the molecule is CCCc1cc(C(=O)N2COC[C@]2(C)C(N)=O)n2c1-c1cc(-c3nnn(C)n3)c(OC)cc1CC2. The molecule has 2 aromatic heterocycles. The van der Waals surface area contributed by atoms with Gasteiger partial charge in [-0.1, -0.05) is 13.3 Å². The fourth-order valence-corrected chi connectivity index (χ4v) is 4.99. The number of rotatable bonds is 6. The summed E-state index contributed by atoms with van der Waals surface area (Å²) in [4.78, 5) is 28.7. The van der Waals surface area contributed by atoms with Gasteiger partial charge in [0.2, 0.25) is 11.7 Å². The van der Waals surface area contributed by atoms with Crippen LogP contribution in [0.25, 0.3) is 22.6 Å². The van der Waals surface area contributed by atoms with Crippen LogP contribution >= 0.6 is 0 Å². The van der Waals surface area contributed by atoms with Crippen LogP contribution in [0.15, 0.2) is 18.2 Å². The number of fused-ring (bicyclic) bond motifs is 3. The molecular formula is C24H29N7O4. The van der Waals surface area contributed by atoms with Crippen molar-refractivity contribution in [3.63, 3.8) is 0 Å². The van der Waals surface area contributed by atoms with E-state index in [1.54, 1.807) is 21.1 Å². The molecule has 0 aliphatic carbocycles. The van der Waals surface area contributed by atoms with Crippen LogP contribution in [0.5, 0.6) is 5.75 Å². The molecule has 184 valence electrons. The minimum atomic E-state index is -1.18. The highest BCUT2D eigenvalue weighted by Crippen LogP contribution is 2.41. The molecule has 0 saturated carbocycles. The summed E-state index contributed by atoms with van der Waals surface area (Å²) >= 11 is 0. The number of hydrogen-bond acceptors (Lipinski definition) is 7. The number of benzene rings is 1. The summed E-state index contributed by atoms with van der Waals surface area (Å²) in [6, 6.07) is 5.99. The summed E-state index contributed by atoms with van der Waals surface area (Å²) in [7, 11) is 3.34. The molecular weight excluding hydrogens is 450 g/mol. The van der Waals surface area contributed by atoms with Gasteiger partial charge in [-0.2, -0.15) is 4.80 Å². The average molecular weight is 480 g/mol. The van der Waals surface area contributed by atoms with Crippen molar-refractivity contribution in [2.24, 2.45) is 12.8 Å². The molecule has 0 bridgehead atoms. The maximum Gasteiger partial charge on any atom is 0.273 e. The zero-order valence-corrected chi connectivity index (χ0v) is 20.4. The zero-order chi connectivity index (χ0) is 24.9. The molecule has 2 aliphatic heterocycles. The number of methoxy groups -OCH3 is 1. The minimum Gasteiger partial charge on any atom is -0.496 e. The van der Waals surface area contributed by atoms with Gasteiger partial charge in [0.1, 0.15) is 23.7 Å². The second kappa shape index (κ2) is 8.49. The van der Waals surface area contributed by atoms with E-state index in [0.717, 1.165) is 47.2 Å². The first-order chi connectivity index (χ1) is 16.8. The summed E-state index contributed by atoms with van der Waals surface area (Å²) in [5.41, 5.74) is 9.92. The van der Waals surface area contributed by atoms with E-state index in [0.29, 0.717) is 23.8 Å². The second-order valence-corrected chi connectivity index (χ2v) is 9.22. The lowest BCUT2D eigenvalue weighted by atomic mass is 9.92. The molecule has 0 radical (unpaired) electrons. The summed E-state index contributed by atoms with van der Waals surface area (Å²) < 4.78 is 13.2. The normalized spacial score (nSPS) is 18.9. The van der Waals surface area contributed by atoms with Crippen LogP contribution in [-0.4, -0.2) is 67.5 Å². The summed E-state index contributed by atoms with van der Waals surface area (Å²) in [6.07, 6.45) is 2.44. The number of nitrogens with zero attached hydrogens (tertiary/aromatic N) is 6. The predicted molar refractivity (Wildman–Crippen MR) is 126 cm³/mol. The van der Waals surface area contributed by atoms with Crippen molar-refractivity contribution in [1.29, 1.82) is 0 Å². The molecule has 5 rings (SSSR count). The van der Waals surface area contributed by atoms with Crippen LogP contribution in [0.1, 0.15) is 41.9 Å². The van der Waals surface area contributed by atoms with Gasteiger partial charge in [0, 0.05) is 12.1 Å². The average Bonchev–Trinajstić information content (AvgIpc) is 3.55. The van der Waals surface area contributed by atoms with Crippen molar-refractivity contribution in [3.05, 3.63) is 35.0 Å². The number of carbonyl (C=O) groups excluding carboxylic acids is 2. The maximum absolute atomic E-state index is 13.7. The first-order valence-electron chi connectivity index (χ1n) is 11.7. The van der Waals surface area contributed by atoms with E-state index >= 15 is 0 Å². The highest BCUT2D eigenvalue weighted by molar-refractivity contribution is 5.99. The number of aryl methyl sites for hydroxylation is 3. The van der Waals surface area contributed by atoms with Gasteiger partial charge >= 0.3 is 0 Å². The first-order valence-corrected chi connectivity index (χ1v) is 11.7. The smallest absolute Gasteiger partial charge is 0.273 e. The molecule has 2 aliphatic rings. The summed E-state index contributed by atoms with van der Waals surface area (Å²) in [5, 5.41) is 12.5. The number of nitrogens with two attached hydrogens (primary N) is 1. The molecule has 3 aromatic rings. The Hall–Kier alpha value is -3.73. The lowest BCUT2D eigenvalue weighted by molar-refractivity contribution is -0.126. The predicted octanol–water partition coefficient (Wildman–Crippen LogP) is 1.54. The van der Waals surface area contributed by atoms with Gasteiger partial charge in [0.15, 0.2) is 0 Å². The maximum atomic E-state index is 13.7. The molecule has 1 aromatic carbocycles. The van der Waals surface area contributed by atoms with Gasteiger partial charge in [-0.05, 0) is 54.3 Å². The zero-order valence-electron chi connectivity index (χ0n) is 20.4. The van der Waals surface area contributed by atoms with E-state index < -0.39 is 11.4 Å². The largest absolute Gasteiger partial charge is 0.496 e. The highest BCUT2D eigenvalue weighted by atomic mass is 16.5. The Kier molecular flexibility index (Phi) is 5.59. The van der Waals surface area contributed by atoms with Crippen molar-refractivity contribution < 1.29 is 19.1 Å². The third kappa shape index (κ3) is 3.57. The number of amides is 2. The van der Waals surface area contributed by atoms with Gasteiger partial charge < -0.3 is 19.8 Å². The van der Waals surface area contributed by atoms with Crippen LogP contribution in [0.4, 0.5) is 0 Å². The van der Waals surface area contributed by atoms with Crippen LogP contribution in [0.2, 0.25) is 0 Å². The summed E-state index contributed by atoms with van der Waals surface area (Å²) in [5.74, 6) is 0.299. The van der Waals surface area contributed by atoms with Crippen LogP contribution in [-0.2, 0) is 36.0 Å². The van der Waals surface area contributed by atoms with Crippen LogP contribution < -0.4 is 10.5 Å². The van der Waals surface area contributed by atoms with Gasteiger partial charge in [-0.15, -0.1) is 10.2 Å². The number of ether oxygens (including phenoxy) is 2. The number of aromatic nitrogens is 5. The Bertz CT molecular complexity index is 1330. The van der Waals surface area contributed by atoms with Crippen molar-refractivity contribution in [2.45, 2.75) is 45.2 Å². The first kappa shape index (κ1) is 23.0. The van der Waals surface area contributed by atoms with Crippen LogP contribution in [0.3, 0.4) is 0 Å². The van der Waals surface area contributed by atoms with E-state index in [-0.39, 0.29) is 19.2 Å². The molecule has 2 N–H and O–H groups in total. The number of tetrazole rings is 1. The van der Waals surface area contributed by atoms with Gasteiger partial charge in [0.25, 0.3) is 5.91 Å². The molecule has 35 heavy (non-hydrogen) atoms. The lowest BCUT2D eigenvalue weighted by Gasteiger charge is -2.31. The molecule has 0 unspecified atom stereocenters. The monoisotopic (exact) mass is 479 g/mol. The van der Waals surface area contributed by atoms with Crippen molar-refractivity contribution >= 4 is 11.8 Å². The molecule has 1 fully saturated rings. The number of primary amides is 1. The topological polar surface area (TPSA) is 130 Å². The lowest BCUT2D eigenvalue weighted by Crippen LogP contribution is -2.55. The van der Waals surface area contributed by atoms with Crippen LogP contribution in [0, 0.1) is 0 Å². The molecule has 2 amide bonds. The van der Waals surface area contributed by atoms with E-state index in [1.165, 1.54) is 9.70 Å². The Morgan fingerprint density at radius 2 is 2.06 bits per heavy atom. The molecule has 11 heteroatoms. The van der Waals surface area contributed by atoms with Gasteiger partial charge in [-0.3, -0.25) is 14.5 Å².